The third-order valence-corrected chi connectivity index (χ3v) is 5.38. The van der Waals surface area contributed by atoms with Crippen molar-refractivity contribution in [2.24, 2.45) is 4.99 Å². The van der Waals surface area contributed by atoms with Crippen molar-refractivity contribution in [2.45, 2.75) is 0 Å². The topological polar surface area (TPSA) is 68.5 Å². The minimum absolute atomic E-state index is 0.174. The average Bonchev–Trinajstić information content (AvgIpc) is 2.86. The summed E-state index contributed by atoms with van der Waals surface area (Å²) in [6, 6.07) is 29.6. The summed E-state index contributed by atoms with van der Waals surface area (Å²) >= 11 is 0. The Morgan fingerprint density at radius 2 is 1.18 bits per heavy atom. The Bertz CT molecular complexity index is 1220. The fraction of sp³-hybridized carbons (Fsp3) is 0.107. The smallest absolute Gasteiger partial charge is 0.145 e. The SMILES string of the molecule is COc1ccccc1N=C(c1ccc(N(C)C)cc1)N(c1ccc(O)cc1)c1ccc(O)cc1. The highest BCUT2D eigenvalue weighted by Crippen LogP contribution is 2.34. The van der Waals surface area contributed by atoms with Gasteiger partial charge in [0.05, 0.1) is 7.11 Å². The Balaban J connectivity index is 1.96. The summed E-state index contributed by atoms with van der Waals surface area (Å²) in [5.41, 5.74) is 4.24. The molecule has 172 valence electrons. The number of phenolic OH excluding ortho intramolecular Hbond substituents is 2. The molecule has 4 rings (SSSR count). The molecule has 0 fully saturated rings. The zero-order valence-corrected chi connectivity index (χ0v) is 19.4. The molecular weight excluding hydrogens is 426 g/mol. The molecule has 0 heterocycles. The van der Waals surface area contributed by atoms with Crippen LogP contribution in [0, 0.1) is 0 Å². The molecule has 0 radical (unpaired) electrons. The number of aromatic hydroxyl groups is 2. The number of amidine groups is 1. The summed E-state index contributed by atoms with van der Waals surface area (Å²) < 4.78 is 5.56. The Kier molecular flexibility index (Phi) is 6.69. The van der Waals surface area contributed by atoms with Gasteiger partial charge in [-0.15, -0.1) is 0 Å². The molecule has 6 heteroatoms. The summed E-state index contributed by atoms with van der Waals surface area (Å²) in [5, 5.41) is 19.8. The predicted octanol–water partition coefficient (Wildman–Crippen LogP) is 6.09. The van der Waals surface area contributed by atoms with Crippen LogP contribution in [0.25, 0.3) is 0 Å². The van der Waals surface area contributed by atoms with E-state index in [4.69, 9.17) is 9.73 Å². The van der Waals surface area contributed by atoms with Crippen molar-refractivity contribution in [3.8, 4) is 17.2 Å². The van der Waals surface area contributed by atoms with Crippen LogP contribution in [0.5, 0.6) is 17.2 Å². The highest BCUT2D eigenvalue weighted by atomic mass is 16.5. The third kappa shape index (κ3) is 4.96. The van der Waals surface area contributed by atoms with E-state index in [0.29, 0.717) is 17.3 Å². The number of nitrogens with zero attached hydrogens (tertiary/aromatic N) is 3. The summed E-state index contributed by atoms with van der Waals surface area (Å²) in [6.07, 6.45) is 0. The van der Waals surface area contributed by atoms with Crippen LogP contribution in [-0.2, 0) is 0 Å². The lowest BCUT2D eigenvalue weighted by molar-refractivity contribution is 0.416. The van der Waals surface area contributed by atoms with E-state index < -0.39 is 0 Å². The highest BCUT2D eigenvalue weighted by Gasteiger charge is 2.20. The molecule has 4 aromatic rings. The van der Waals surface area contributed by atoms with Crippen LogP contribution in [0.15, 0.2) is 102 Å². The van der Waals surface area contributed by atoms with Crippen LogP contribution < -0.4 is 14.5 Å². The number of para-hydroxylation sites is 2. The molecule has 4 aromatic carbocycles. The van der Waals surface area contributed by atoms with Gasteiger partial charge < -0.3 is 19.8 Å². The zero-order valence-electron chi connectivity index (χ0n) is 19.4. The molecule has 0 aliphatic carbocycles. The molecule has 0 atom stereocenters. The van der Waals surface area contributed by atoms with Gasteiger partial charge in [0, 0.05) is 36.7 Å². The van der Waals surface area contributed by atoms with Crippen LogP contribution in [0.1, 0.15) is 5.56 Å². The van der Waals surface area contributed by atoms with Gasteiger partial charge in [0.2, 0.25) is 0 Å². The molecule has 0 aliphatic rings. The summed E-state index contributed by atoms with van der Waals surface area (Å²) in [4.78, 5) is 9.07. The van der Waals surface area contributed by atoms with Gasteiger partial charge in [-0.1, -0.05) is 12.1 Å². The lowest BCUT2D eigenvalue weighted by Crippen LogP contribution is -2.27. The van der Waals surface area contributed by atoms with Gasteiger partial charge in [0.25, 0.3) is 0 Å². The van der Waals surface area contributed by atoms with Crippen molar-refractivity contribution in [3.63, 3.8) is 0 Å². The maximum atomic E-state index is 9.88. The molecule has 2 N–H and O–H groups in total. The van der Waals surface area contributed by atoms with Gasteiger partial charge in [-0.25, -0.2) is 4.99 Å². The van der Waals surface area contributed by atoms with E-state index in [-0.39, 0.29) is 11.5 Å². The second-order valence-electron chi connectivity index (χ2n) is 7.92. The lowest BCUT2D eigenvalue weighted by Gasteiger charge is -2.27. The Hall–Kier alpha value is -4.45. The second-order valence-corrected chi connectivity index (χ2v) is 7.92. The average molecular weight is 454 g/mol. The molecule has 6 nitrogen and oxygen atoms in total. The summed E-state index contributed by atoms with van der Waals surface area (Å²) in [7, 11) is 5.62. The summed E-state index contributed by atoms with van der Waals surface area (Å²) in [6.45, 7) is 0. The van der Waals surface area contributed by atoms with Crippen LogP contribution in [-0.4, -0.2) is 37.3 Å². The molecule has 0 aliphatic heterocycles. The van der Waals surface area contributed by atoms with E-state index in [1.54, 1.807) is 31.4 Å². The second kappa shape index (κ2) is 10.0. The molecule has 0 bridgehead atoms. The first-order valence-corrected chi connectivity index (χ1v) is 10.8. The molecule has 0 saturated carbocycles. The molecule has 0 aromatic heterocycles. The maximum absolute atomic E-state index is 9.88. The van der Waals surface area contributed by atoms with E-state index in [1.165, 1.54) is 0 Å². The summed E-state index contributed by atoms with van der Waals surface area (Å²) in [5.74, 6) is 1.66. The Morgan fingerprint density at radius 1 is 0.676 bits per heavy atom. The van der Waals surface area contributed by atoms with E-state index in [2.05, 4.69) is 0 Å². The van der Waals surface area contributed by atoms with Crippen molar-refractivity contribution in [1.29, 1.82) is 0 Å². The number of hydrogen-bond donors (Lipinski definition) is 2. The molecule has 0 saturated heterocycles. The number of benzene rings is 4. The largest absolute Gasteiger partial charge is 0.508 e. The Morgan fingerprint density at radius 3 is 1.68 bits per heavy atom. The van der Waals surface area contributed by atoms with E-state index in [9.17, 15) is 10.2 Å². The van der Waals surface area contributed by atoms with Crippen molar-refractivity contribution in [3.05, 3.63) is 103 Å². The van der Waals surface area contributed by atoms with Crippen molar-refractivity contribution >= 4 is 28.6 Å². The molecule has 34 heavy (non-hydrogen) atoms. The molecule has 0 unspecified atom stereocenters. The maximum Gasteiger partial charge on any atom is 0.145 e. The van der Waals surface area contributed by atoms with Gasteiger partial charge in [-0.3, -0.25) is 4.90 Å². The van der Waals surface area contributed by atoms with Crippen LogP contribution in [0.2, 0.25) is 0 Å². The molecular formula is C28H27N3O3. The minimum Gasteiger partial charge on any atom is -0.508 e. The van der Waals surface area contributed by atoms with E-state index >= 15 is 0 Å². The van der Waals surface area contributed by atoms with Crippen molar-refractivity contribution in [2.75, 3.05) is 31.0 Å². The number of aliphatic imine (C=N–C) groups is 1. The highest BCUT2D eigenvalue weighted by molar-refractivity contribution is 6.15. The normalized spacial score (nSPS) is 11.2. The number of hydrogen-bond acceptors (Lipinski definition) is 5. The van der Waals surface area contributed by atoms with E-state index in [1.807, 2.05) is 96.7 Å². The third-order valence-electron chi connectivity index (χ3n) is 5.38. The van der Waals surface area contributed by atoms with E-state index in [0.717, 1.165) is 22.6 Å². The van der Waals surface area contributed by atoms with Gasteiger partial charge in [-0.05, 0) is 84.9 Å². The van der Waals surface area contributed by atoms with Gasteiger partial charge in [0.1, 0.15) is 28.8 Å². The number of ether oxygens (including phenoxy) is 1. The monoisotopic (exact) mass is 453 g/mol. The first-order chi connectivity index (χ1) is 16.5. The minimum atomic E-state index is 0.174. The fourth-order valence-corrected chi connectivity index (χ4v) is 3.59. The molecule has 0 spiro atoms. The number of phenols is 2. The van der Waals surface area contributed by atoms with Gasteiger partial charge in [0.15, 0.2) is 0 Å². The number of anilines is 3. The first-order valence-electron chi connectivity index (χ1n) is 10.8. The zero-order chi connectivity index (χ0) is 24.1. The predicted molar refractivity (Wildman–Crippen MR) is 138 cm³/mol. The van der Waals surface area contributed by atoms with Gasteiger partial charge in [-0.2, -0.15) is 0 Å². The van der Waals surface area contributed by atoms with Crippen LogP contribution in [0.3, 0.4) is 0 Å². The van der Waals surface area contributed by atoms with Crippen molar-refractivity contribution < 1.29 is 14.9 Å². The van der Waals surface area contributed by atoms with Crippen LogP contribution >= 0.6 is 0 Å². The quantitative estimate of drug-likeness (QED) is 0.273. The molecule has 0 amide bonds. The van der Waals surface area contributed by atoms with Gasteiger partial charge >= 0.3 is 0 Å². The standard InChI is InChI=1S/C28H27N3O3/c1-30(2)21-10-8-20(9-11-21)28(29-26-6-4-5-7-27(26)34-3)31(22-12-16-24(32)17-13-22)23-14-18-25(33)19-15-23/h4-19,32-33H,1-3H3. The Labute approximate surface area is 199 Å². The van der Waals surface area contributed by atoms with Crippen LogP contribution in [0.4, 0.5) is 22.7 Å². The van der Waals surface area contributed by atoms with Crippen molar-refractivity contribution in [1.82, 2.24) is 0 Å². The lowest BCUT2D eigenvalue weighted by atomic mass is 10.1. The number of rotatable bonds is 6. The fourth-order valence-electron chi connectivity index (χ4n) is 3.59. The first kappa shape index (κ1) is 22.7. The number of methoxy groups -OCH3 is 1.